The van der Waals surface area contributed by atoms with E-state index >= 15 is 0 Å². The summed E-state index contributed by atoms with van der Waals surface area (Å²) < 4.78 is 35.2. The SMILES string of the molecule is COc1ccc(NC(=O)CCN(CC(C)C)S(C)(=O)=O)cc1OC. The van der Waals surface area contributed by atoms with Gasteiger partial charge in [0, 0.05) is 31.3 Å². The summed E-state index contributed by atoms with van der Waals surface area (Å²) in [4.78, 5) is 12.1. The minimum atomic E-state index is -3.33. The van der Waals surface area contributed by atoms with Crippen LogP contribution in [0.5, 0.6) is 11.5 Å². The highest BCUT2D eigenvalue weighted by atomic mass is 32.2. The molecule has 0 fully saturated rings. The van der Waals surface area contributed by atoms with Crippen LogP contribution in [0.1, 0.15) is 20.3 Å². The maximum atomic E-state index is 12.1. The fraction of sp³-hybridized carbons (Fsp3) is 0.562. The second-order valence-corrected chi connectivity index (χ2v) is 7.87. The highest BCUT2D eigenvalue weighted by Crippen LogP contribution is 2.29. The van der Waals surface area contributed by atoms with Gasteiger partial charge in [-0.2, -0.15) is 0 Å². The highest BCUT2D eigenvalue weighted by Gasteiger charge is 2.19. The number of methoxy groups -OCH3 is 2. The van der Waals surface area contributed by atoms with Crippen molar-refractivity contribution in [1.82, 2.24) is 4.31 Å². The number of amides is 1. The topological polar surface area (TPSA) is 84.9 Å². The van der Waals surface area contributed by atoms with Gasteiger partial charge in [0.05, 0.1) is 20.5 Å². The Morgan fingerprint density at radius 2 is 1.83 bits per heavy atom. The maximum Gasteiger partial charge on any atom is 0.225 e. The zero-order chi connectivity index (χ0) is 18.3. The van der Waals surface area contributed by atoms with Crippen molar-refractivity contribution in [3.8, 4) is 11.5 Å². The molecule has 0 aromatic heterocycles. The average Bonchev–Trinajstić information content (AvgIpc) is 2.49. The van der Waals surface area contributed by atoms with Crippen LogP contribution in [0.4, 0.5) is 5.69 Å². The first-order chi connectivity index (χ1) is 11.2. The standard InChI is InChI=1S/C16H26N2O5S/c1-12(2)11-18(24(5,20)21)9-8-16(19)17-13-6-7-14(22-3)15(10-13)23-4/h6-7,10,12H,8-9,11H2,1-5H3,(H,17,19). The van der Waals surface area contributed by atoms with E-state index in [9.17, 15) is 13.2 Å². The summed E-state index contributed by atoms with van der Waals surface area (Å²) in [5.41, 5.74) is 0.562. The molecule has 0 aliphatic heterocycles. The Morgan fingerprint density at radius 1 is 1.21 bits per heavy atom. The van der Waals surface area contributed by atoms with Gasteiger partial charge < -0.3 is 14.8 Å². The predicted octanol–water partition coefficient (Wildman–Crippen LogP) is 1.95. The largest absolute Gasteiger partial charge is 0.493 e. The summed E-state index contributed by atoms with van der Waals surface area (Å²) in [6, 6.07) is 5.04. The molecule has 0 saturated carbocycles. The van der Waals surface area contributed by atoms with E-state index in [-0.39, 0.29) is 24.8 Å². The molecular formula is C16H26N2O5S. The van der Waals surface area contributed by atoms with Crippen molar-refractivity contribution in [3.63, 3.8) is 0 Å². The van der Waals surface area contributed by atoms with Crippen LogP contribution in [0.15, 0.2) is 18.2 Å². The van der Waals surface area contributed by atoms with Crippen molar-refractivity contribution in [3.05, 3.63) is 18.2 Å². The monoisotopic (exact) mass is 358 g/mol. The molecule has 0 unspecified atom stereocenters. The van der Waals surface area contributed by atoms with Crippen LogP contribution in [0.2, 0.25) is 0 Å². The van der Waals surface area contributed by atoms with E-state index < -0.39 is 10.0 Å². The normalized spacial score (nSPS) is 11.6. The Bertz CT molecular complexity index is 658. The first kappa shape index (κ1) is 20.2. The number of carbonyl (C=O) groups excluding carboxylic acids is 1. The molecule has 0 heterocycles. The van der Waals surface area contributed by atoms with Gasteiger partial charge in [-0.1, -0.05) is 13.8 Å². The van der Waals surface area contributed by atoms with Crippen LogP contribution in [0.3, 0.4) is 0 Å². The van der Waals surface area contributed by atoms with E-state index in [0.717, 1.165) is 6.26 Å². The molecular weight excluding hydrogens is 332 g/mol. The summed E-state index contributed by atoms with van der Waals surface area (Å²) in [5.74, 6) is 0.997. The molecule has 136 valence electrons. The molecule has 0 radical (unpaired) electrons. The van der Waals surface area contributed by atoms with Crippen LogP contribution in [-0.4, -0.2) is 52.2 Å². The average molecular weight is 358 g/mol. The van der Waals surface area contributed by atoms with Crippen molar-refractivity contribution >= 4 is 21.6 Å². The molecule has 0 aliphatic carbocycles. The van der Waals surface area contributed by atoms with Crippen LogP contribution < -0.4 is 14.8 Å². The molecule has 0 spiro atoms. The highest BCUT2D eigenvalue weighted by molar-refractivity contribution is 7.88. The Labute approximate surface area is 144 Å². The molecule has 0 atom stereocenters. The van der Waals surface area contributed by atoms with Gasteiger partial charge in [-0.25, -0.2) is 12.7 Å². The number of nitrogens with zero attached hydrogens (tertiary/aromatic N) is 1. The summed E-state index contributed by atoms with van der Waals surface area (Å²) in [5, 5.41) is 2.73. The number of sulfonamides is 1. The van der Waals surface area contributed by atoms with Gasteiger partial charge in [-0.3, -0.25) is 4.79 Å². The summed E-state index contributed by atoms with van der Waals surface area (Å²) in [7, 11) is -0.286. The zero-order valence-corrected chi connectivity index (χ0v) is 15.6. The van der Waals surface area contributed by atoms with E-state index in [4.69, 9.17) is 9.47 Å². The van der Waals surface area contributed by atoms with Crippen LogP contribution in [0.25, 0.3) is 0 Å². The molecule has 1 amide bonds. The van der Waals surface area contributed by atoms with Gasteiger partial charge in [-0.05, 0) is 18.1 Å². The molecule has 8 heteroatoms. The fourth-order valence-electron chi connectivity index (χ4n) is 2.16. The molecule has 1 aromatic carbocycles. The maximum absolute atomic E-state index is 12.1. The second-order valence-electron chi connectivity index (χ2n) is 5.88. The third-order valence-electron chi connectivity index (χ3n) is 3.29. The lowest BCUT2D eigenvalue weighted by Crippen LogP contribution is -2.35. The van der Waals surface area contributed by atoms with Crippen LogP contribution >= 0.6 is 0 Å². The first-order valence-electron chi connectivity index (χ1n) is 7.64. The Kier molecular flexibility index (Phi) is 7.50. The van der Waals surface area contributed by atoms with E-state index in [1.54, 1.807) is 18.2 Å². The number of hydrogen-bond donors (Lipinski definition) is 1. The van der Waals surface area contributed by atoms with Gasteiger partial charge in [0.2, 0.25) is 15.9 Å². The molecule has 7 nitrogen and oxygen atoms in total. The smallest absolute Gasteiger partial charge is 0.225 e. The number of hydrogen-bond acceptors (Lipinski definition) is 5. The number of carbonyl (C=O) groups is 1. The van der Waals surface area contributed by atoms with Gasteiger partial charge in [-0.15, -0.1) is 0 Å². The summed E-state index contributed by atoms with van der Waals surface area (Å²) in [6.45, 7) is 4.41. The summed E-state index contributed by atoms with van der Waals surface area (Å²) >= 11 is 0. The predicted molar refractivity (Wildman–Crippen MR) is 94.0 cm³/mol. The first-order valence-corrected chi connectivity index (χ1v) is 9.49. The van der Waals surface area contributed by atoms with Crippen LogP contribution in [0, 0.1) is 5.92 Å². The number of ether oxygens (including phenoxy) is 2. The molecule has 1 N–H and O–H groups in total. The second kappa shape index (κ2) is 8.89. The fourth-order valence-corrected chi connectivity index (χ4v) is 3.16. The van der Waals surface area contributed by atoms with Crippen molar-refractivity contribution in [1.29, 1.82) is 0 Å². The zero-order valence-electron chi connectivity index (χ0n) is 14.8. The number of anilines is 1. The van der Waals surface area contributed by atoms with E-state index in [1.165, 1.54) is 18.5 Å². The lowest BCUT2D eigenvalue weighted by molar-refractivity contribution is -0.116. The minimum absolute atomic E-state index is 0.0775. The number of rotatable bonds is 9. The molecule has 1 aromatic rings. The van der Waals surface area contributed by atoms with Crippen LogP contribution in [-0.2, 0) is 14.8 Å². The lowest BCUT2D eigenvalue weighted by atomic mass is 10.2. The van der Waals surface area contributed by atoms with Crippen molar-refractivity contribution in [2.45, 2.75) is 20.3 Å². The lowest BCUT2D eigenvalue weighted by Gasteiger charge is -2.21. The molecule has 0 bridgehead atoms. The third-order valence-corrected chi connectivity index (χ3v) is 4.56. The van der Waals surface area contributed by atoms with E-state index in [1.807, 2.05) is 13.8 Å². The van der Waals surface area contributed by atoms with Gasteiger partial charge >= 0.3 is 0 Å². The molecule has 1 rings (SSSR count). The number of benzene rings is 1. The summed E-state index contributed by atoms with van der Waals surface area (Å²) in [6.07, 6.45) is 1.23. The van der Waals surface area contributed by atoms with Crippen molar-refractivity contribution < 1.29 is 22.7 Å². The van der Waals surface area contributed by atoms with Crippen molar-refractivity contribution in [2.24, 2.45) is 5.92 Å². The quantitative estimate of drug-likeness (QED) is 0.729. The molecule has 0 aliphatic rings. The Hall–Kier alpha value is -1.80. The van der Waals surface area contributed by atoms with E-state index in [0.29, 0.717) is 23.7 Å². The number of nitrogens with one attached hydrogen (secondary N) is 1. The molecule has 24 heavy (non-hydrogen) atoms. The minimum Gasteiger partial charge on any atom is -0.493 e. The molecule has 0 saturated heterocycles. The van der Waals surface area contributed by atoms with Gasteiger partial charge in [0.25, 0.3) is 0 Å². The Morgan fingerprint density at radius 3 is 2.33 bits per heavy atom. The van der Waals surface area contributed by atoms with Crippen molar-refractivity contribution in [2.75, 3.05) is 38.9 Å². The van der Waals surface area contributed by atoms with E-state index in [2.05, 4.69) is 5.32 Å². The van der Waals surface area contributed by atoms with Gasteiger partial charge in [0.1, 0.15) is 0 Å². The Balaban J connectivity index is 2.68. The third kappa shape index (κ3) is 6.37. The van der Waals surface area contributed by atoms with Gasteiger partial charge in [0.15, 0.2) is 11.5 Å².